The molecule has 0 heterocycles. The number of halogens is 6. The van der Waals surface area contributed by atoms with E-state index in [1.54, 1.807) is 0 Å². The average molecular weight is 273 g/mol. The van der Waals surface area contributed by atoms with Gasteiger partial charge in [0.05, 0.1) is 5.56 Å². The molecule has 0 saturated carbocycles. The summed E-state index contributed by atoms with van der Waals surface area (Å²) in [6.45, 7) is 0. The van der Waals surface area contributed by atoms with Crippen LogP contribution in [-0.4, -0.2) is 12.3 Å². The molecule has 0 bridgehead atoms. The highest BCUT2D eigenvalue weighted by atomic mass is 19.4. The fourth-order valence-corrected chi connectivity index (χ4v) is 1.08. The molecule has 1 amide bonds. The molecule has 1 aromatic rings. The van der Waals surface area contributed by atoms with E-state index >= 15 is 0 Å². The second-order valence-electron chi connectivity index (χ2n) is 3.13. The summed E-state index contributed by atoms with van der Waals surface area (Å²) in [5.41, 5.74) is 2.92. The predicted octanol–water partition coefficient (Wildman–Crippen LogP) is 2.30. The van der Waals surface area contributed by atoms with Crippen molar-refractivity contribution in [2.45, 2.75) is 12.3 Å². The summed E-state index contributed by atoms with van der Waals surface area (Å²) in [6, 6.07) is 0.823. The molecule has 0 aliphatic heterocycles. The molecular formula is C9H5F6NO2. The number of benzene rings is 1. The van der Waals surface area contributed by atoms with Crippen LogP contribution >= 0.6 is 0 Å². The number of rotatable bonds is 3. The van der Waals surface area contributed by atoms with Gasteiger partial charge in [0.15, 0.2) is 0 Å². The Labute approximate surface area is 96.1 Å². The molecule has 1 rings (SSSR count). The minimum atomic E-state index is -5.08. The van der Waals surface area contributed by atoms with Crippen molar-refractivity contribution in [1.82, 2.24) is 0 Å². The van der Waals surface area contributed by atoms with E-state index in [1.165, 1.54) is 0 Å². The van der Waals surface area contributed by atoms with Gasteiger partial charge >= 0.3 is 12.3 Å². The molecule has 0 aliphatic carbocycles. The molecular weight excluding hydrogens is 268 g/mol. The molecule has 0 unspecified atom stereocenters. The summed E-state index contributed by atoms with van der Waals surface area (Å²) in [5, 5.41) is 0. The molecule has 0 atom stereocenters. The van der Waals surface area contributed by atoms with E-state index in [4.69, 9.17) is 0 Å². The molecule has 1 aromatic carbocycles. The van der Waals surface area contributed by atoms with Crippen LogP contribution in [0.2, 0.25) is 0 Å². The summed E-state index contributed by atoms with van der Waals surface area (Å²) in [4.78, 5) is 10.4. The third kappa shape index (κ3) is 3.05. The first-order valence-corrected chi connectivity index (χ1v) is 4.27. The Morgan fingerprint density at radius 3 is 2.11 bits per heavy atom. The highest BCUT2D eigenvalue weighted by molar-refractivity contribution is 5.83. The van der Waals surface area contributed by atoms with Crippen LogP contribution in [0.5, 0.6) is 5.75 Å². The fourth-order valence-electron chi connectivity index (χ4n) is 1.08. The normalized spacial score (nSPS) is 12.3. The van der Waals surface area contributed by atoms with Gasteiger partial charge in [-0.05, 0) is 12.1 Å². The Balaban J connectivity index is 3.11. The molecule has 0 aromatic heterocycles. The Bertz CT molecular complexity index is 471. The lowest BCUT2D eigenvalue weighted by Gasteiger charge is -2.15. The van der Waals surface area contributed by atoms with Gasteiger partial charge in [-0.25, -0.2) is 4.39 Å². The van der Waals surface area contributed by atoms with Crippen LogP contribution in [0, 0.1) is 5.82 Å². The molecule has 0 saturated heterocycles. The number of ether oxygens (including phenoxy) is 1. The third-order valence-electron chi connectivity index (χ3n) is 1.82. The van der Waals surface area contributed by atoms with E-state index in [9.17, 15) is 31.1 Å². The standard InChI is InChI=1S/C9H5F6NO2/c10-6-3-4(18-9(13,14)15)1-2-5(6)8(11,12)7(16)17/h1-3H,(H2,16,17). The van der Waals surface area contributed by atoms with E-state index in [0.717, 1.165) is 0 Å². The summed E-state index contributed by atoms with van der Waals surface area (Å²) in [5.74, 6) is -9.20. The molecule has 9 heteroatoms. The fraction of sp³-hybridized carbons (Fsp3) is 0.222. The predicted molar refractivity (Wildman–Crippen MR) is 46.2 cm³/mol. The van der Waals surface area contributed by atoms with Crippen LogP contribution in [0.3, 0.4) is 0 Å². The zero-order chi connectivity index (χ0) is 14.1. The second-order valence-corrected chi connectivity index (χ2v) is 3.13. The van der Waals surface area contributed by atoms with Gasteiger partial charge in [0.1, 0.15) is 11.6 Å². The lowest BCUT2D eigenvalue weighted by atomic mass is 10.1. The number of carbonyl (C=O) groups is 1. The highest BCUT2D eigenvalue weighted by Gasteiger charge is 2.41. The maximum absolute atomic E-state index is 13.1. The van der Waals surface area contributed by atoms with Crippen LogP contribution in [0.25, 0.3) is 0 Å². The van der Waals surface area contributed by atoms with Crippen LogP contribution in [-0.2, 0) is 10.7 Å². The Hall–Kier alpha value is -1.93. The number of alkyl halides is 5. The number of amides is 1. The number of hydrogen-bond donors (Lipinski definition) is 1. The van der Waals surface area contributed by atoms with E-state index < -0.39 is 35.3 Å². The van der Waals surface area contributed by atoms with Crippen molar-refractivity contribution < 1.29 is 35.9 Å². The van der Waals surface area contributed by atoms with Gasteiger partial charge in [0.25, 0.3) is 5.91 Å². The molecule has 0 spiro atoms. The van der Waals surface area contributed by atoms with Crippen molar-refractivity contribution in [3.63, 3.8) is 0 Å². The SMILES string of the molecule is NC(=O)C(F)(F)c1ccc(OC(F)(F)F)cc1F. The smallest absolute Gasteiger partial charge is 0.406 e. The van der Waals surface area contributed by atoms with Crippen LogP contribution in [0.4, 0.5) is 26.3 Å². The largest absolute Gasteiger partial charge is 0.573 e. The van der Waals surface area contributed by atoms with Gasteiger partial charge in [-0.3, -0.25) is 4.79 Å². The Morgan fingerprint density at radius 1 is 1.17 bits per heavy atom. The average Bonchev–Trinajstić information content (AvgIpc) is 2.13. The first-order valence-electron chi connectivity index (χ1n) is 4.27. The summed E-state index contributed by atoms with van der Waals surface area (Å²) < 4.78 is 77.8. The minimum Gasteiger partial charge on any atom is -0.406 e. The van der Waals surface area contributed by atoms with Crippen LogP contribution in [0.1, 0.15) is 5.56 Å². The molecule has 3 nitrogen and oxygen atoms in total. The molecule has 18 heavy (non-hydrogen) atoms. The molecule has 2 N–H and O–H groups in total. The van der Waals surface area contributed by atoms with Crippen molar-refractivity contribution in [2.75, 3.05) is 0 Å². The second kappa shape index (κ2) is 4.39. The maximum Gasteiger partial charge on any atom is 0.573 e. The van der Waals surface area contributed by atoms with Gasteiger partial charge in [-0.1, -0.05) is 0 Å². The molecule has 0 fully saturated rings. The zero-order valence-electron chi connectivity index (χ0n) is 8.39. The monoisotopic (exact) mass is 273 g/mol. The van der Waals surface area contributed by atoms with E-state index in [-0.39, 0.29) is 6.07 Å². The van der Waals surface area contributed by atoms with Crippen LogP contribution < -0.4 is 10.5 Å². The van der Waals surface area contributed by atoms with Crippen molar-refractivity contribution in [3.05, 3.63) is 29.6 Å². The molecule has 0 aliphatic rings. The number of carbonyl (C=O) groups excluding carboxylic acids is 1. The molecule has 100 valence electrons. The lowest BCUT2D eigenvalue weighted by molar-refractivity contribution is -0.274. The van der Waals surface area contributed by atoms with Crippen LogP contribution in [0.15, 0.2) is 18.2 Å². The summed E-state index contributed by atoms with van der Waals surface area (Å²) in [6.07, 6.45) is -5.08. The van der Waals surface area contributed by atoms with E-state index in [1.807, 2.05) is 0 Å². The Morgan fingerprint density at radius 2 is 1.72 bits per heavy atom. The van der Waals surface area contributed by atoms with E-state index in [2.05, 4.69) is 10.5 Å². The van der Waals surface area contributed by atoms with E-state index in [0.29, 0.717) is 12.1 Å². The quantitative estimate of drug-likeness (QED) is 0.859. The van der Waals surface area contributed by atoms with Gasteiger partial charge < -0.3 is 10.5 Å². The first kappa shape index (κ1) is 14.1. The third-order valence-corrected chi connectivity index (χ3v) is 1.82. The zero-order valence-corrected chi connectivity index (χ0v) is 8.39. The maximum atomic E-state index is 13.1. The number of nitrogens with two attached hydrogens (primary N) is 1. The van der Waals surface area contributed by atoms with Crippen molar-refractivity contribution in [3.8, 4) is 5.75 Å². The number of primary amides is 1. The summed E-state index contributed by atoms with van der Waals surface area (Å²) in [7, 11) is 0. The number of hydrogen-bond acceptors (Lipinski definition) is 2. The van der Waals surface area contributed by atoms with Crippen molar-refractivity contribution in [1.29, 1.82) is 0 Å². The van der Waals surface area contributed by atoms with Gasteiger partial charge in [0, 0.05) is 6.07 Å². The highest BCUT2D eigenvalue weighted by Crippen LogP contribution is 2.32. The topological polar surface area (TPSA) is 52.3 Å². The summed E-state index contributed by atoms with van der Waals surface area (Å²) >= 11 is 0. The van der Waals surface area contributed by atoms with Gasteiger partial charge in [-0.15, -0.1) is 13.2 Å². The first-order chi connectivity index (χ1) is 8.04. The van der Waals surface area contributed by atoms with Gasteiger partial charge in [0.2, 0.25) is 0 Å². The lowest BCUT2D eigenvalue weighted by Crippen LogP contribution is -2.33. The van der Waals surface area contributed by atoms with Crippen molar-refractivity contribution >= 4 is 5.91 Å². The Kier molecular flexibility index (Phi) is 3.45. The minimum absolute atomic E-state index is 0.0830. The molecule has 0 radical (unpaired) electrons. The van der Waals surface area contributed by atoms with Gasteiger partial charge in [-0.2, -0.15) is 8.78 Å². The van der Waals surface area contributed by atoms with Crippen molar-refractivity contribution in [2.24, 2.45) is 5.73 Å².